The number of amides is 1. The third-order valence-electron chi connectivity index (χ3n) is 7.03. The molecule has 0 bridgehead atoms. The van der Waals surface area contributed by atoms with Gasteiger partial charge in [-0.2, -0.15) is 32.2 Å². The van der Waals surface area contributed by atoms with Crippen LogP contribution in [0.25, 0.3) is 0 Å². The van der Waals surface area contributed by atoms with Crippen LogP contribution in [0.2, 0.25) is 0 Å². The van der Waals surface area contributed by atoms with E-state index in [1.54, 1.807) is 0 Å². The predicted octanol–water partition coefficient (Wildman–Crippen LogP) is 4.90. The molecule has 16 heteroatoms. The highest BCUT2D eigenvalue weighted by molar-refractivity contribution is 7.91. The van der Waals surface area contributed by atoms with Crippen LogP contribution >= 0.6 is 0 Å². The van der Waals surface area contributed by atoms with E-state index in [1.807, 2.05) is 6.07 Å². The molecule has 1 amide bonds. The summed E-state index contributed by atoms with van der Waals surface area (Å²) < 4.78 is 105. The predicted molar refractivity (Wildman–Crippen MR) is 145 cm³/mol. The van der Waals surface area contributed by atoms with Crippen molar-refractivity contribution in [3.05, 3.63) is 71.1 Å². The highest BCUT2D eigenvalue weighted by atomic mass is 32.2. The van der Waals surface area contributed by atoms with E-state index in [0.717, 1.165) is 24.3 Å². The number of rotatable bonds is 12. The number of nitrogens with two attached hydrogens (primary N) is 1. The van der Waals surface area contributed by atoms with Crippen LogP contribution in [-0.4, -0.2) is 57.0 Å². The lowest BCUT2D eigenvalue weighted by molar-refractivity contribution is -0.137. The van der Waals surface area contributed by atoms with Crippen LogP contribution in [0.3, 0.4) is 0 Å². The first-order valence-corrected chi connectivity index (χ1v) is 14.9. The number of oxazole rings is 1. The molecule has 3 aromatic rings. The average molecular weight is 643 g/mol. The fourth-order valence-corrected chi connectivity index (χ4v) is 5.73. The first-order valence-electron chi connectivity index (χ1n) is 13.2. The van der Waals surface area contributed by atoms with Crippen LogP contribution in [0, 0.1) is 11.3 Å². The standard InChI is InChI=1S/C28H27F5N4O6S/c1-2-44(39,40)21-9-3-16(4-10-21)22(11-12-34)23-24(25(35)38)43-27(36-23)37-14-20(13-18(37)15-41-26(29)30)42-19-7-5-17(6-8-19)28(31,32)33/h3-10,18,20,22,26H,2,11,13-15H2,1H3,(H2,35,38)/t18-,20-,22-/m0/s1. The van der Waals surface area contributed by atoms with Crippen molar-refractivity contribution < 1.29 is 49.1 Å². The third kappa shape index (κ3) is 7.45. The summed E-state index contributed by atoms with van der Waals surface area (Å²) in [6, 6.07) is 10.6. The van der Waals surface area contributed by atoms with Gasteiger partial charge in [0.25, 0.3) is 11.9 Å². The van der Waals surface area contributed by atoms with E-state index in [9.17, 15) is 40.4 Å². The van der Waals surface area contributed by atoms with Crippen molar-refractivity contribution in [3.8, 4) is 11.8 Å². The van der Waals surface area contributed by atoms with Crippen LogP contribution in [0.15, 0.2) is 57.8 Å². The second-order valence-corrected chi connectivity index (χ2v) is 12.1. The Bertz CT molecular complexity index is 1610. The van der Waals surface area contributed by atoms with E-state index in [2.05, 4.69) is 9.72 Å². The third-order valence-corrected chi connectivity index (χ3v) is 8.78. The average Bonchev–Trinajstić information content (AvgIpc) is 3.59. The molecule has 0 aliphatic carbocycles. The zero-order valence-electron chi connectivity index (χ0n) is 23.1. The first-order chi connectivity index (χ1) is 20.7. The van der Waals surface area contributed by atoms with Crippen molar-refractivity contribution in [1.82, 2.24) is 4.98 Å². The lowest BCUT2D eigenvalue weighted by Crippen LogP contribution is -2.34. The number of alkyl halides is 5. The molecule has 10 nitrogen and oxygen atoms in total. The number of aromatic nitrogens is 1. The SMILES string of the molecule is CCS(=O)(=O)c1ccc([C@H](CC#N)c2nc(N3C[C@@H](Oc4ccc(C(F)(F)F)cc4)C[C@H]3COC(F)F)oc2C(N)=O)cc1. The molecule has 1 saturated heterocycles. The van der Waals surface area contributed by atoms with Crippen LogP contribution < -0.4 is 15.4 Å². The molecule has 3 atom stereocenters. The smallest absolute Gasteiger partial charge is 0.416 e. The van der Waals surface area contributed by atoms with Crippen LogP contribution in [-0.2, 0) is 20.8 Å². The molecule has 236 valence electrons. The number of halogens is 5. The minimum atomic E-state index is -4.54. The summed E-state index contributed by atoms with van der Waals surface area (Å²) in [4.78, 5) is 18.3. The number of nitriles is 1. The van der Waals surface area contributed by atoms with Crippen molar-refractivity contribution in [2.24, 2.45) is 5.73 Å². The van der Waals surface area contributed by atoms with E-state index in [0.29, 0.717) is 5.56 Å². The van der Waals surface area contributed by atoms with E-state index in [4.69, 9.17) is 14.9 Å². The Kier molecular flexibility index (Phi) is 9.79. The van der Waals surface area contributed by atoms with Gasteiger partial charge in [0.05, 0.1) is 41.5 Å². The Morgan fingerprint density at radius 2 is 1.84 bits per heavy atom. The maximum atomic E-state index is 12.9. The van der Waals surface area contributed by atoms with Crippen LogP contribution in [0.5, 0.6) is 5.75 Å². The van der Waals surface area contributed by atoms with Gasteiger partial charge in [0.2, 0.25) is 5.76 Å². The molecule has 0 saturated carbocycles. The Morgan fingerprint density at radius 1 is 1.18 bits per heavy atom. The van der Waals surface area contributed by atoms with Gasteiger partial charge in [0.15, 0.2) is 9.84 Å². The molecule has 0 unspecified atom stereocenters. The van der Waals surface area contributed by atoms with Crippen molar-refractivity contribution in [2.75, 3.05) is 23.8 Å². The number of hydrogen-bond acceptors (Lipinski definition) is 9. The lowest BCUT2D eigenvalue weighted by Gasteiger charge is -2.22. The van der Waals surface area contributed by atoms with E-state index in [1.165, 1.54) is 36.1 Å². The summed E-state index contributed by atoms with van der Waals surface area (Å²) in [5.41, 5.74) is 5.10. The van der Waals surface area contributed by atoms with Gasteiger partial charge in [0, 0.05) is 18.8 Å². The highest BCUT2D eigenvalue weighted by Gasteiger charge is 2.39. The van der Waals surface area contributed by atoms with Crippen molar-refractivity contribution in [1.29, 1.82) is 5.26 Å². The maximum absolute atomic E-state index is 12.9. The van der Waals surface area contributed by atoms with Crippen molar-refractivity contribution >= 4 is 21.8 Å². The number of anilines is 1. The Labute approximate surface area is 249 Å². The number of nitrogens with zero attached hydrogens (tertiary/aromatic N) is 3. The van der Waals surface area contributed by atoms with Gasteiger partial charge in [-0.25, -0.2) is 8.42 Å². The maximum Gasteiger partial charge on any atom is 0.416 e. The number of carbonyl (C=O) groups excluding carboxylic acids is 1. The highest BCUT2D eigenvalue weighted by Crippen LogP contribution is 2.36. The van der Waals surface area contributed by atoms with Gasteiger partial charge < -0.3 is 24.5 Å². The van der Waals surface area contributed by atoms with Gasteiger partial charge in [-0.15, -0.1) is 0 Å². The molecule has 0 spiro atoms. The molecule has 2 aromatic carbocycles. The summed E-state index contributed by atoms with van der Waals surface area (Å²) in [6.45, 7) is -2.16. The fourth-order valence-electron chi connectivity index (χ4n) is 4.84. The fraction of sp³-hybridized carbons (Fsp3) is 0.393. The first kappa shape index (κ1) is 32.7. The minimum Gasteiger partial charge on any atom is -0.489 e. The van der Waals surface area contributed by atoms with Crippen LogP contribution in [0.1, 0.15) is 53.1 Å². The summed E-state index contributed by atoms with van der Waals surface area (Å²) in [5.74, 6) is -2.32. The molecular formula is C28H27F5N4O6S. The largest absolute Gasteiger partial charge is 0.489 e. The molecule has 0 radical (unpaired) electrons. The van der Waals surface area contributed by atoms with Gasteiger partial charge in [-0.05, 0) is 42.0 Å². The van der Waals surface area contributed by atoms with E-state index >= 15 is 0 Å². The molecule has 1 aromatic heterocycles. The minimum absolute atomic E-state index is 0.0271. The summed E-state index contributed by atoms with van der Waals surface area (Å²) in [6.07, 6.45) is -5.40. The summed E-state index contributed by atoms with van der Waals surface area (Å²) in [5, 5.41) is 9.53. The second-order valence-electron chi connectivity index (χ2n) is 9.86. The van der Waals surface area contributed by atoms with Crippen molar-refractivity contribution in [2.45, 2.75) is 55.5 Å². The zero-order valence-corrected chi connectivity index (χ0v) is 23.9. The van der Waals surface area contributed by atoms with Gasteiger partial charge in [-0.1, -0.05) is 19.1 Å². The Balaban J connectivity index is 1.65. The molecule has 44 heavy (non-hydrogen) atoms. The monoisotopic (exact) mass is 642 g/mol. The van der Waals surface area contributed by atoms with E-state index in [-0.39, 0.29) is 47.5 Å². The number of sulfone groups is 1. The molecule has 4 rings (SSSR count). The molecule has 1 aliphatic heterocycles. The summed E-state index contributed by atoms with van der Waals surface area (Å²) >= 11 is 0. The normalized spacial score (nSPS) is 17.9. The molecular weight excluding hydrogens is 615 g/mol. The Morgan fingerprint density at radius 3 is 2.39 bits per heavy atom. The number of benzene rings is 2. The van der Waals surface area contributed by atoms with Gasteiger partial charge in [-0.3, -0.25) is 4.79 Å². The Hall–Kier alpha value is -4.23. The summed E-state index contributed by atoms with van der Waals surface area (Å²) in [7, 11) is -3.51. The molecule has 1 aliphatic rings. The number of primary amides is 1. The quantitative estimate of drug-likeness (QED) is 0.273. The second kappa shape index (κ2) is 13.2. The number of hydrogen-bond donors (Lipinski definition) is 1. The molecule has 2 N–H and O–H groups in total. The van der Waals surface area contributed by atoms with Gasteiger partial charge in [0.1, 0.15) is 17.5 Å². The van der Waals surface area contributed by atoms with E-state index < -0.39 is 64.5 Å². The molecule has 1 fully saturated rings. The lowest BCUT2D eigenvalue weighted by atomic mass is 9.92. The zero-order chi connectivity index (χ0) is 32.2. The number of carbonyl (C=O) groups is 1. The van der Waals surface area contributed by atoms with Crippen molar-refractivity contribution in [3.63, 3.8) is 0 Å². The molecule has 2 heterocycles. The van der Waals surface area contributed by atoms with Gasteiger partial charge >= 0.3 is 12.8 Å². The topological polar surface area (TPSA) is 149 Å². The number of ether oxygens (including phenoxy) is 2. The van der Waals surface area contributed by atoms with Crippen LogP contribution in [0.4, 0.5) is 28.0 Å².